The van der Waals surface area contributed by atoms with Crippen LogP contribution >= 0.6 is 15.9 Å². The minimum atomic E-state index is -0.0520. The molecule has 2 N–H and O–H groups in total. The van der Waals surface area contributed by atoms with Gasteiger partial charge in [0.05, 0.1) is 0 Å². The molecule has 1 aromatic carbocycles. The summed E-state index contributed by atoms with van der Waals surface area (Å²) in [6.45, 7) is 1.83. The summed E-state index contributed by atoms with van der Waals surface area (Å²) in [5, 5.41) is 12.4. The van der Waals surface area contributed by atoms with Gasteiger partial charge in [-0.15, -0.1) is 0 Å². The van der Waals surface area contributed by atoms with Crippen LogP contribution in [0.5, 0.6) is 5.75 Å². The van der Waals surface area contributed by atoms with Crippen molar-refractivity contribution in [3.63, 3.8) is 0 Å². The first-order valence-electron chi connectivity index (χ1n) is 6.32. The average molecular weight is 312 g/mol. The van der Waals surface area contributed by atoms with Crippen LogP contribution in [0.4, 0.5) is 0 Å². The molecule has 0 heterocycles. The van der Waals surface area contributed by atoms with Crippen LogP contribution in [0, 0.1) is 6.92 Å². The molecule has 1 aliphatic carbocycles. The summed E-state index contributed by atoms with van der Waals surface area (Å²) in [4.78, 5) is 12.5. The zero-order valence-electron chi connectivity index (χ0n) is 10.4. The van der Waals surface area contributed by atoms with Gasteiger partial charge in [-0.2, -0.15) is 0 Å². The lowest BCUT2D eigenvalue weighted by Crippen LogP contribution is -2.42. The Balaban J connectivity index is 2.07. The fraction of sp³-hybridized carbons (Fsp3) is 0.500. The zero-order chi connectivity index (χ0) is 13.1. The molecule has 0 bridgehead atoms. The largest absolute Gasteiger partial charge is 0.508 e. The highest BCUT2D eigenvalue weighted by atomic mass is 79.9. The van der Waals surface area contributed by atoms with Gasteiger partial charge >= 0.3 is 0 Å². The lowest BCUT2D eigenvalue weighted by atomic mass is 9.95. The van der Waals surface area contributed by atoms with E-state index in [4.69, 9.17) is 0 Å². The van der Waals surface area contributed by atoms with Crippen molar-refractivity contribution in [3.8, 4) is 5.75 Å². The molecule has 98 valence electrons. The molecule has 0 saturated heterocycles. The molecule has 1 saturated carbocycles. The van der Waals surface area contributed by atoms with Gasteiger partial charge in [0, 0.05) is 16.4 Å². The van der Waals surface area contributed by atoms with E-state index < -0.39 is 0 Å². The molecular weight excluding hydrogens is 294 g/mol. The van der Waals surface area contributed by atoms with Crippen LogP contribution in [-0.4, -0.2) is 21.9 Å². The Bertz CT molecular complexity index is 447. The van der Waals surface area contributed by atoms with E-state index in [1.54, 1.807) is 18.2 Å². The molecule has 2 atom stereocenters. The van der Waals surface area contributed by atoms with Gasteiger partial charge in [-0.1, -0.05) is 28.8 Å². The van der Waals surface area contributed by atoms with Crippen LogP contribution in [0.2, 0.25) is 0 Å². The van der Waals surface area contributed by atoms with Crippen molar-refractivity contribution >= 4 is 21.8 Å². The molecule has 2 unspecified atom stereocenters. The molecule has 0 spiro atoms. The number of amides is 1. The molecule has 18 heavy (non-hydrogen) atoms. The maximum atomic E-state index is 12.2. The van der Waals surface area contributed by atoms with Gasteiger partial charge < -0.3 is 10.4 Å². The van der Waals surface area contributed by atoms with Crippen molar-refractivity contribution < 1.29 is 9.90 Å². The van der Waals surface area contributed by atoms with Crippen molar-refractivity contribution in [1.82, 2.24) is 5.32 Å². The Kier molecular flexibility index (Phi) is 4.27. The maximum absolute atomic E-state index is 12.2. The number of benzene rings is 1. The smallest absolute Gasteiger partial charge is 0.251 e. The summed E-state index contributed by atoms with van der Waals surface area (Å²) in [7, 11) is 0. The van der Waals surface area contributed by atoms with Crippen LogP contribution in [-0.2, 0) is 0 Å². The molecule has 0 aromatic heterocycles. The Morgan fingerprint density at radius 2 is 2.11 bits per heavy atom. The fourth-order valence-electron chi connectivity index (χ4n) is 2.40. The van der Waals surface area contributed by atoms with Gasteiger partial charge in [0.15, 0.2) is 0 Å². The number of aryl methyl sites for hydroxylation is 1. The predicted octanol–water partition coefficient (Wildman–Crippen LogP) is 3.14. The van der Waals surface area contributed by atoms with Crippen LogP contribution in [0.25, 0.3) is 0 Å². The second-order valence-electron chi connectivity index (χ2n) is 4.88. The Morgan fingerprint density at radius 1 is 1.39 bits per heavy atom. The second-order valence-corrected chi connectivity index (χ2v) is 6.06. The molecule has 1 fully saturated rings. The fourth-order valence-corrected chi connectivity index (χ4v) is 3.12. The molecular formula is C14H18BrNO2. The summed E-state index contributed by atoms with van der Waals surface area (Å²) in [6.07, 6.45) is 4.53. The van der Waals surface area contributed by atoms with E-state index in [1.807, 2.05) is 6.92 Å². The van der Waals surface area contributed by atoms with Gasteiger partial charge in [-0.25, -0.2) is 0 Å². The topological polar surface area (TPSA) is 49.3 Å². The van der Waals surface area contributed by atoms with Crippen molar-refractivity contribution in [3.05, 3.63) is 29.3 Å². The monoisotopic (exact) mass is 311 g/mol. The number of aromatic hydroxyl groups is 1. The summed E-state index contributed by atoms with van der Waals surface area (Å²) in [6, 6.07) is 5.04. The number of carbonyl (C=O) groups excluding carboxylic acids is 1. The Labute approximate surface area is 116 Å². The standard InChI is InChI=1S/C14H18BrNO2/c1-9-8-10(17)6-7-11(9)14(18)16-13-5-3-2-4-12(13)15/h6-8,12-13,17H,2-5H2,1H3,(H,16,18). The first-order chi connectivity index (χ1) is 8.58. The predicted molar refractivity (Wildman–Crippen MR) is 75.3 cm³/mol. The number of nitrogens with one attached hydrogen (secondary N) is 1. The molecule has 1 amide bonds. The minimum absolute atomic E-state index is 0.0520. The Hall–Kier alpha value is -1.03. The first-order valence-corrected chi connectivity index (χ1v) is 7.24. The Morgan fingerprint density at radius 3 is 2.78 bits per heavy atom. The highest BCUT2D eigenvalue weighted by molar-refractivity contribution is 9.09. The molecule has 1 aliphatic rings. The molecule has 0 aliphatic heterocycles. The summed E-state index contributed by atoms with van der Waals surface area (Å²) >= 11 is 3.63. The van der Waals surface area contributed by atoms with Crippen LogP contribution in [0.15, 0.2) is 18.2 Å². The highest BCUT2D eigenvalue weighted by Crippen LogP contribution is 2.25. The number of hydrogen-bond acceptors (Lipinski definition) is 2. The first kappa shape index (κ1) is 13.4. The van der Waals surface area contributed by atoms with Crippen LogP contribution in [0.1, 0.15) is 41.6 Å². The summed E-state index contributed by atoms with van der Waals surface area (Å²) < 4.78 is 0. The van der Waals surface area contributed by atoms with E-state index in [1.165, 1.54) is 12.8 Å². The average Bonchev–Trinajstić information content (AvgIpc) is 2.32. The highest BCUT2D eigenvalue weighted by Gasteiger charge is 2.24. The lowest BCUT2D eigenvalue weighted by molar-refractivity contribution is 0.0929. The van der Waals surface area contributed by atoms with Gasteiger partial charge in [0.25, 0.3) is 5.91 Å². The number of phenols is 1. The van der Waals surface area contributed by atoms with E-state index in [0.29, 0.717) is 10.4 Å². The number of hydrogen-bond donors (Lipinski definition) is 2. The molecule has 2 rings (SSSR count). The SMILES string of the molecule is Cc1cc(O)ccc1C(=O)NC1CCCCC1Br. The lowest BCUT2D eigenvalue weighted by Gasteiger charge is -2.28. The minimum Gasteiger partial charge on any atom is -0.508 e. The number of halogens is 1. The zero-order valence-corrected chi connectivity index (χ0v) is 12.0. The van der Waals surface area contributed by atoms with E-state index in [9.17, 15) is 9.90 Å². The van der Waals surface area contributed by atoms with Gasteiger partial charge in [0.2, 0.25) is 0 Å². The van der Waals surface area contributed by atoms with Gasteiger partial charge in [-0.3, -0.25) is 4.79 Å². The third-order valence-corrected chi connectivity index (χ3v) is 4.55. The van der Waals surface area contributed by atoms with Crippen molar-refractivity contribution in [2.75, 3.05) is 0 Å². The van der Waals surface area contributed by atoms with Crippen molar-refractivity contribution in [2.45, 2.75) is 43.5 Å². The third-order valence-electron chi connectivity index (χ3n) is 3.45. The number of carbonyl (C=O) groups is 1. The third kappa shape index (κ3) is 3.05. The quantitative estimate of drug-likeness (QED) is 0.824. The van der Waals surface area contributed by atoms with Crippen molar-refractivity contribution in [1.29, 1.82) is 0 Å². The maximum Gasteiger partial charge on any atom is 0.251 e. The van der Waals surface area contributed by atoms with E-state index >= 15 is 0 Å². The van der Waals surface area contributed by atoms with E-state index in [-0.39, 0.29) is 17.7 Å². The van der Waals surface area contributed by atoms with Crippen molar-refractivity contribution in [2.24, 2.45) is 0 Å². The normalized spacial score (nSPS) is 23.7. The van der Waals surface area contributed by atoms with E-state index in [0.717, 1.165) is 18.4 Å². The number of phenolic OH excluding ortho intramolecular Hbond substituents is 1. The number of rotatable bonds is 2. The summed E-state index contributed by atoms with van der Waals surface area (Å²) in [5.41, 5.74) is 1.44. The van der Waals surface area contributed by atoms with Crippen LogP contribution in [0.3, 0.4) is 0 Å². The second kappa shape index (κ2) is 5.74. The molecule has 1 aromatic rings. The van der Waals surface area contributed by atoms with E-state index in [2.05, 4.69) is 21.2 Å². The van der Waals surface area contributed by atoms with Crippen LogP contribution < -0.4 is 5.32 Å². The molecule has 4 heteroatoms. The van der Waals surface area contributed by atoms with Gasteiger partial charge in [0.1, 0.15) is 5.75 Å². The summed E-state index contributed by atoms with van der Waals surface area (Å²) in [5.74, 6) is 0.143. The van der Waals surface area contributed by atoms with Gasteiger partial charge in [-0.05, 0) is 43.5 Å². The number of alkyl halides is 1. The molecule has 0 radical (unpaired) electrons. The molecule has 3 nitrogen and oxygen atoms in total.